The number of nitrogens with one attached hydrogen (secondary N) is 1. The molecule has 3 unspecified atom stereocenters. The molecule has 0 aliphatic heterocycles. The molecule has 0 aromatic heterocycles. The molecule has 3 heteroatoms. The molecule has 0 heterocycles. The maximum atomic E-state index is 11.4. The smallest absolute Gasteiger partial charge is 0.317 e. The van der Waals surface area contributed by atoms with Crippen LogP contribution >= 0.6 is 0 Å². The van der Waals surface area contributed by atoms with E-state index in [2.05, 4.69) is 19.2 Å². The van der Waals surface area contributed by atoms with Crippen LogP contribution in [-0.2, 0) is 0 Å². The van der Waals surface area contributed by atoms with Gasteiger partial charge in [-0.1, -0.05) is 13.8 Å². The molecule has 0 bridgehead atoms. The lowest BCUT2D eigenvalue weighted by molar-refractivity contribution is 0.192. The molecule has 3 atom stereocenters. The lowest BCUT2D eigenvalue weighted by atomic mass is 9.79. The van der Waals surface area contributed by atoms with Crippen molar-refractivity contribution in [2.24, 2.45) is 11.8 Å². The van der Waals surface area contributed by atoms with Crippen LogP contribution in [-0.4, -0.2) is 31.1 Å². The molecule has 0 aromatic carbocycles. The normalized spacial score (nSPS) is 32.4. The molecule has 1 saturated carbocycles. The van der Waals surface area contributed by atoms with Crippen LogP contribution in [0.5, 0.6) is 0 Å². The summed E-state index contributed by atoms with van der Waals surface area (Å²) in [5.74, 6) is 1.54. The number of carbonyl (C=O) groups excluding carboxylic acids is 1. The molecule has 2 amide bonds. The van der Waals surface area contributed by atoms with Crippen molar-refractivity contribution in [3.05, 3.63) is 0 Å². The highest BCUT2D eigenvalue weighted by atomic mass is 16.2. The Morgan fingerprint density at radius 1 is 1.21 bits per heavy atom. The number of nitrogens with zero attached hydrogens (tertiary/aromatic N) is 1. The third-order valence-electron chi connectivity index (χ3n) is 3.33. The summed E-state index contributed by atoms with van der Waals surface area (Å²) >= 11 is 0. The van der Waals surface area contributed by atoms with Gasteiger partial charge in [0.1, 0.15) is 0 Å². The van der Waals surface area contributed by atoms with Gasteiger partial charge in [-0.2, -0.15) is 0 Å². The van der Waals surface area contributed by atoms with Gasteiger partial charge < -0.3 is 10.2 Å². The highest BCUT2D eigenvalue weighted by Crippen LogP contribution is 2.29. The molecular formula is C11H22N2O. The lowest BCUT2D eigenvalue weighted by Crippen LogP contribution is -2.44. The highest BCUT2D eigenvalue weighted by molar-refractivity contribution is 5.73. The summed E-state index contributed by atoms with van der Waals surface area (Å²) in [5, 5.41) is 3.06. The van der Waals surface area contributed by atoms with Gasteiger partial charge in [0.2, 0.25) is 0 Å². The Labute approximate surface area is 86.9 Å². The van der Waals surface area contributed by atoms with Crippen molar-refractivity contribution in [2.75, 3.05) is 14.1 Å². The first-order valence-electron chi connectivity index (χ1n) is 5.48. The van der Waals surface area contributed by atoms with Gasteiger partial charge in [0.05, 0.1) is 0 Å². The number of urea groups is 1. The van der Waals surface area contributed by atoms with Gasteiger partial charge in [-0.25, -0.2) is 4.79 Å². The summed E-state index contributed by atoms with van der Waals surface area (Å²) < 4.78 is 0. The van der Waals surface area contributed by atoms with Crippen LogP contribution < -0.4 is 5.32 Å². The van der Waals surface area contributed by atoms with Gasteiger partial charge in [-0.3, -0.25) is 0 Å². The van der Waals surface area contributed by atoms with E-state index in [1.807, 2.05) is 0 Å². The van der Waals surface area contributed by atoms with Crippen molar-refractivity contribution in [1.29, 1.82) is 0 Å². The van der Waals surface area contributed by atoms with E-state index in [1.54, 1.807) is 19.0 Å². The van der Waals surface area contributed by atoms with Crippen LogP contribution in [0.2, 0.25) is 0 Å². The van der Waals surface area contributed by atoms with Crippen LogP contribution in [0.3, 0.4) is 0 Å². The molecule has 1 N–H and O–H groups in total. The summed E-state index contributed by atoms with van der Waals surface area (Å²) in [7, 11) is 3.56. The second-order valence-electron chi connectivity index (χ2n) is 4.81. The third-order valence-corrected chi connectivity index (χ3v) is 3.33. The first kappa shape index (κ1) is 11.3. The number of hydrogen-bond donors (Lipinski definition) is 1. The molecule has 1 aliphatic carbocycles. The fourth-order valence-corrected chi connectivity index (χ4v) is 1.98. The minimum atomic E-state index is 0.0387. The van der Waals surface area contributed by atoms with Crippen LogP contribution in [0.25, 0.3) is 0 Å². The summed E-state index contributed by atoms with van der Waals surface area (Å²) in [6, 6.07) is 0.424. The predicted octanol–water partition coefficient (Wildman–Crippen LogP) is 2.08. The van der Waals surface area contributed by atoms with Crippen molar-refractivity contribution in [1.82, 2.24) is 10.2 Å². The van der Waals surface area contributed by atoms with Crippen LogP contribution in [0.1, 0.15) is 33.1 Å². The van der Waals surface area contributed by atoms with E-state index in [1.165, 1.54) is 6.42 Å². The predicted molar refractivity (Wildman–Crippen MR) is 58.2 cm³/mol. The third kappa shape index (κ3) is 2.89. The number of carbonyl (C=O) groups is 1. The van der Waals surface area contributed by atoms with Crippen LogP contribution in [0.4, 0.5) is 4.79 Å². The molecule has 3 nitrogen and oxygen atoms in total. The van der Waals surface area contributed by atoms with Crippen molar-refractivity contribution in [3.63, 3.8) is 0 Å². The highest BCUT2D eigenvalue weighted by Gasteiger charge is 2.25. The zero-order chi connectivity index (χ0) is 10.7. The van der Waals surface area contributed by atoms with E-state index < -0.39 is 0 Å². The van der Waals surface area contributed by atoms with Gasteiger partial charge in [0.25, 0.3) is 0 Å². The maximum absolute atomic E-state index is 11.4. The zero-order valence-corrected chi connectivity index (χ0v) is 9.71. The van der Waals surface area contributed by atoms with E-state index in [0.29, 0.717) is 6.04 Å². The second-order valence-corrected chi connectivity index (χ2v) is 4.81. The minimum Gasteiger partial charge on any atom is -0.335 e. The summed E-state index contributed by atoms with van der Waals surface area (Å²) in [4.78, 5) is 13.0. The van der Waals surface area contributed by atoms with Crippen molar-refractivity contribution >= 4 is 6.03 Å². The first-order chi connectivity index (χ1) is 6.50. The number of hydrogen-bond acceptors (Lipinski definition) is 1. The Bertz CT molecular complexity index is 203. The first-order valence-corrected chi connectivity index (χ1v) is 5.48. The minimum absolute atomic E-state index is 0.0387. The number of rotatable bonds is 1. The van der Waals surface area contributed by atoms with Crippen LogP contribution in [0.15, 0.2) is 0 Å². The average molecular weight is 198 g/mol. The Balaban J connectivity index is 2.37. The van der Waals surface area contributed by atoms with E-state index in [0.717, 1.165) is 24.7 Å². The Morgan fingerprint density at radius 2 is 1.86 bits per heavy atom. The second kappa shape index (κ2) is 4.67. The fraction of sp³-hybridized carbons (Fsp3) is 0.909. The Morgan fingerprint density at radius 3 is 2.36 bits per heavy atom. The molecule has 82 valence electrons. The molecule has 1 rings (SSSR count). The molecule has 0 radical (unpaired) electrons. The number of amides is 2. The van der Waals surface area contributed by atoms with Crippen molar-refractivity contribution < 1.29 is 4.79 Å². The van der Waals surface area contributed by atoms with Crippen molar-refractivity contribution in [2.45, 2.75) is 39.2 Å². The quantitative estimate of drug-likeness (QED) is 0.687. The van der Waals surface area contributed by atoms with Crippen molar-refractivity contribution in [3.8, 4) is 0 Å². The van der Waals surface area contributed by atoms with Gasteiger partial charge in [-0.15, -0.1) is 0 Å². The summed E-state index contributed by atoms with van der Waals surface area (Å²) in [6.45, 7) is 4.58. The Kier molecular flexibility index (Phi) is 3.78. The Hall–Kier alpha value is -0.730. The van der Waals surface area contributed by atoms with Crippen LogP contribution in [0, 0.1) is 11.8 Å². The fourth-order valence-electron chi connectivity index (χ4n) is 1.98. The van der Waals surface area contributed by atoms with E-state index in [-0.39, 0.29) is 6.03 Å². The summed E-state index contributed by atoms with van der Waals surface area (Å²) in [6.07, 6.45) is 3.49. The molecule has 1 fully saturated rings. The lowest BCUT2D eigenvalue weighted by Gasteiger charge is -2.33. The molecule has 0 spiro atoms. The topological polar surface area (TPSA) is 32.3 Å². The molecule has 14 heavy (non-hydrogen) atoms. The molecular weight excluding hydrogens is 176 g/mol. The van der Waals surface area contributed by atoms with Gasteiger partial charge in [0, 0.05) is 20.1 Å². The zero-order valence-electron chi connectivity index (χ0n) is 9.71. The van der Waals surface area contributed by atoms with E-state index >= 15 is 0 Å². The molecule has 1 aliphatic rings. The standard InChI is InChI=1S/C11H22N2O/c1-8-5-6-10(7-9(8)2)12-11(14)13(3)4/h8-10H,5-7H2,1-4H3,(H,12,14). The van der Waals surface area contributed by atoms with Gasteiger partial charge in [-0.05, 0) is 31.1 Å². The van der Waals surface area contributed by atoms with E-state index in [9.17, 15) is 4.79 Å². The monoisotopic (exact) mass is 198 g/mol. The SMILES string of the molecule is CC1CCC(NC(=O)N(C)C)CC1C. The summed E-state index contributed by atoms with van der Waals surface area (Å²) in [5.41, 5.74) is 0. The molecule has 0 aromatic rings. The maximum Gasteiger partial charge on any atom is 0.317 e. The van der Waals surface area contributed by atoms with E-state index in [4.69, 9.17) is 0 Å². The average Bonchev–Trinajstić information content (AvgIpc) is 2.11. The van der Waals surface area contributed by atoms with Gasteiger partial charge in [0.15, 0.2) is 0 Å². The van der Waals surface area contributed by atoms with Gasteiger partial charge >= 0.3 is 6.03 Å². The largest absolute Gasteiger partial charge is 0.335 e. The molecule has 0 saturated heterocycles.